The van der Waals surface area contributed by atoms with Crippen molar-refractivity contribution in [1.82, 2.24) is 4.90 Å². The Kier molecular flexibility index (Phi) is 2.06. The highest BCUT2D eigenvalue weighted by Crippen LogP contribution is 2.20. The molecule has 1 unspecified atom stereocenters. The average molecular weight is 212 g/mol. The van der Waals surface area contributed by atoms with Crippen LogP contribution in [-0.2, 0) is 9.59 Å². The van der Waals surface area contributed by atoms with Crippen molar-refractivity contribution in [3.63, 3.8) is 0 Å². The van der Waals surface area contributed by atoms with E-state index in [1.165, 1.54) is 0 Å². The first-order chi connectivity index (χ1) is 7.58. The molecule has 1 rings (SSSR count). The molecule has 1 amide bonds. The molecule has 0 aromatic rings. The van der Waals surface area contributed by atoms with E-state index < -0.39 is 37.3 Å². The molecular formula is C8H10F3NO2. The van der Waals surface area contributed by atoms with Gasteiger partial charge in [-0.2, -0.15) is 13.2 Å². The van der Waals surface area contributed by atoms with Gasteiger partial charge in [-0.25, -0.2) is 0 Å². The second-order valence-corrected chi connectivity index (χ2v) is 2.80. The summed E-state index contributed by atoms with van der Waals surface area (Å²) in [4.78, 5) is 22.1. The van der Waals surface area contributed by atoms with Crippen LogP contribution in [0, 0.1) is 0 Å². The van der Waals surface area contributed by atoms with Crippen LogP contribution in [-0.4, -0.2) is 35.8 Å². The monoisotopic (exact) mass is 212 g/mol. The molecule has 3 nitrogen and oxygen atoms in total. The number of hydrogen-bond acceptors (Lipinski definition) is 2. The van der Waals surface area contributed by atoms with Crippen molar-refractivity contribution in [2.45, 2.75) is 25.4 Å². The van der Waals surface area contributed by atoms with Gasteiger partial charge in [0.05, 0.1) is 0 Å². The first-order valence-electron chi connectivity index (χ1n) is 5.50. The summed E-state index contributed by atoms with van der Waals surface area (Å²) in [5.74, 6) is -3.15. The molecule has 1 saturated heterocycles. The quantitative estimate of drug-likeness (QED) is 0.603. The van der Waals surface area contributed by atoms with Crippen LogP contribution in [0.5, 0.6) is 0 Å². The third-order valence-corrected chi connectivity index (χ3v) is 1.67. The van der Waals surface area contributed by atoms with Crippen molar-refractivity contribution in [3.8, 4) is 0 Å². The number of halogens is 3. The topological polar surface area (TPSA) is 37.4 Å². The third kappa shape index (κ3) is 2.71. The molecular weight excluding hydrogens is 199 g/mol. The largest absolute Gasteiger partial charge is 0.471 e. The number of hydrogen-bond donors (Lipinski definition) is 0. The van der Waals surface area contributed by atoms with Crippen LogP contribution in [0.15, 0.2) is 0 Å². The first-order valence-corrected chi connectivity index (χ1v) is 3.92. The molecule has 0 aliphatic carbocycles. The molecule has 80 valence electrons. The maximum atomic E-state index is 12.2. The molecule has 0 aromatic heterocycles. The van der Waals surface area contributed by atoms with Crippen LogP contribution < -0.4 is 0 Å². The molecule has 0 N–H and O–H groups in total. The van der Waals surface area contributed by atoms with E-state index >= 15 is 0 Å². The van der Waals surface area contributed by atoms with Crippen molar-refractivity contribution in [1.29, 1.82) is 0 Å². The molecule has 1 atom stereocenters. The van der Waals surface area contributed by atoms with Crippen LogP contribution in [0.3, 0.4) is 0 Å². The van der Waals surface area contributed by atoms with E-state index in [1.54, 1.807) is 0 Å². The summed E-state index contributed by atoms with van der Waals surface area (Å²) in [5.41, 5.74) is 0. The lowest BCUT2D eigenvalue weighted by Crippen LogP contribution is -2.41. The van der Waals surface area contributed by atoms with Gasteiger partial charge in [0.15, 0.2) is 0 Å². The fraction of sp³-hybridized carbons (Fsp3) is 0.750. The summed E-state index contributed by atoms with van der Waals surface area (Å²) in [6, 6.07) is 0. The number of Topliss-reactive ketones (excluding diaryl/α,β-unsaturated/α-hetero) is 1. The van der Waals surface area contributed by atoms with E-state index in [1.807, 2.05) is 0 Å². The lowest BCUT2D eigenvalue weighted by atomic mass is 10.2. The zero-order chi connectivity index (χ0) is 13.4. The van der Waals surface area contributed by atoms with Crippen molar-refractivity contribution < 1.29 is 26.9 Å². The van der Waals surface area contributed by atoms with Gasteiger partial charge in [-0.15, -0.1) is 0 Å². The second kappa shape index (κ2) is 3.98. The standard InChI is InChI=1S/C8H10F3NO2/c9-8(10,11)7(14)12-4-1-2-6(13)3-5-12/h1-5H2/i3D,5D2. The van der Waals surface area contributed by atoms with Gasteiger partial charge in [-0.05, 0) is 6.42 Å². The van der Waals surface area contributed by atoms with Gasteiger partial charge in [0.2, 0.25) is 0 Å². The SMILES string of the molecule is [2H]C1C(=O)CCCN(C(=O)C(F)(F)F)C1([2H])[2H]. The summed E-state index contributed by atoms with van der Waals surface area (Å²) in [7, 11) is 0. The molecule has 0 radical (unpaired) electrons. The van der Waals surface area contributed by atoms with Gasteiger partial charge < -0.3 is 4.90 Å². The van der Waals surface area contributed by atoms with E-state index in [0.29, 0.717) is 0 Å². The zero-order valence-electron chi connectivity index (χ0n) is 10.1. The Morgan fingerprint density at radius 2 is 2.14 bits per heavy atom. The number of carbonyl (C=O) groups excluding carboxylic acids is 2. The Hall–Kier alpha value is -1.07. The maximum absolute atomic E-state index is 12.2. The second-order valence-electron chi connectivity index (χ2n) is 2.80. The van der Waals surface area contributed by atoms with Crippen LogP contribution >= 0.6 is 0 Å². The minimum atomic E-state index is -5.21. The van der Waals surface area contributed by atoms with Gasteiger partial charge in [0, 0.05) is 30.0 Å². The minimum absolute atomic E-state index is 0.0738. The predicted molar refractivity (Wildman–Crippen MR) is 41.5 cm³/mol. The molecule has 0 spiro atoms. The van der Waals surface area contributed by atoms with Crippen molar-refractivity contribution in [2.75, 3.05) is 13.0 Å². The molecule has 6 heteroatoms. The fourth-order valence-corrected chi connectivity index (χ4v) is 1.01. The van der Waals surface area contributed by atoms with Crippen LogP contribution in [0.25, 0.3) is 0 Å². The van der Waals surface area contributed by atoms with E-state index in [4.69, 9.17) is 4.11 Å². The number of nitrogens with zero attached hydrogens (tertiary/aromatic N) is 1. The van der Waals surface area contributed by atoms with Gasteiger partial charge in [-0.1, -0.05) is 0 Å². The Morgan fingerprint density at radius 1 is 1.50 bits per heavy atom. The Labute approximate surface area is 83.1 Å². The molecule has 0 saturated carbocycles. The predicted octanol–water partition coefficient (Wildman–Crippen LogP) is 1.13. The fourth-order valence-electron chi connectivity index (χ4n) is 1.01. The number of amides is 1. The van der Waals surface area contributed by atoms with Crippen LogP contribution in [0.2, 0.25) is 0 Å². The highest BCUT2D eigenvalue weighted by molar-refractivity contribution is 5.84. The lowest BCUT2D eigenvalue weighted by Gasteiger charge is -2.20. The highest BCUT2D eigenvalue weighted by Gasteiger charge is 2.42. The lowest BCUT2D eigenvalue weighted by molar-refractivity contribution is -0.185. The van der Waals surface area contributed by atoms with E-state index in [0.717, 1.165) is 0 Å². The van der Waals surface area contributed by atoms with Crippen LogP contribution in [0.1, 0.15) is 23.4 Å². The Morgan fingerprint density at radius 3 is 2.71 bits per heavy atom. The van der Waals surface area contributed by atoms with Crippen molar-refractivity contribution in [2.24, 2.45) is 0 Å². The normalized spacial score (nSPS) is 31.4. The maximum Gasteiger partial charge on any atom is 0.471 e. The van der Waals surface area contributed by atoms with E-state index in [-0.39, 0.29) is 17.7 Å². The molecule has 1 aliphatic rings. The first kappa shape index (κ1) is 7.25. The van der Waals surface area contributed by atoms with E-state index in [2.05, 4.69) is 0 Å². The zero-order valence-corrected chi connectivity index (χ0v) is 7.10. The summed E-state index contributed by atoms with van der Waals surface area (Å²) in [6.07, 6.45) is -7.48. The van der Waals surface area contributed by atoms with E-state index in [9.17, 15) is 22.8 Å². The Balaban J connectivity index is 3.06. The van der Waals surface area contributed by atoms with Crippen molar-refractivity contribution in [3.05, 3.63) is 0 Å². The van der Waals surface area contributed by atoms with Crippen LogP contribution in [0.4, 0.5) is 13.2 Å². The molecule has 1 fully saturated rings. The van der Waals surface area contributed by atoms with Gasteiger partial charge >= 0.3 is 12.1 Å². The summed E-state index contributed by atoms with van der Waals surface area (Å²) < 4.78 is 58.6. The smallest absolute Gasteiger partial charge is 0.334 e. The molecule has 1 heterocycles. The van der Waals surface area contributed by atoms with Gasteiger partial charge in [-0.3, -0.25) is 9.59 Å². The molecule has 14 heavy (non-hydrogen) atoms. The van der Waals surface area contributed by atoms with Gasteiger partial charge in [0.25, 0.3) is 0 Å². The van der Waals surface area contributed by atoms with Gasteiger partial charge in [0.1, 0.15) is 5.78 Å². The minimum Gasteiger partial charge on any atom is -0.334 e. The Bertz CT molecular complexity index is 345. The number of alkyl halides is 3. The summed E-state index contributed by atoms with van der Waals surface area (Å²) in [6.45, 7) is -3.45. The number of ketones is 1. The number of carbonyl (C=O) groups is 2. The molecule has 0 bridgehead atoms. The number of rotatable bonds is 0. The summed E-state index contributed by atoms with van der Waals surface area (Å²) in [5, 5.41) is 0. The third-order valence-electron chi connectivity index (χ3n) is 1.67. The summed E-state index contributed by atoms with van der Waals surface area (Å²) >= 11 is 0. The average Bonchev–Trinajstić information content (AvgIpc) is 2.27. The molecule has 0 aromatic carbocycles. The number of likely N-dealkylation sites (tertiary alicyclic amines) is 1. The van der Waals surface area contributed by atoms with Crippen molar-refractivity contribution >= 4 is 11.7 Å². The highest BCUT2D eigenvalue weighted by atomic mass is 19.4. The molecule has 1 aliphatic heterocycles.